The number of nitrogens with zero attached hydrogens (tertiary/aromatic N) is 3. The summed E-state index contributed by atoms with van der Waals surface area (Å²) in [6.45, 7) is 6.95. The molecule has 0 N–H and O–H groups in total. The smallest absolute Gasteiger partial charge is 0.131 e. The molecule has 0 radical (unpaired) electrons. The molecule has 59 heavy (non-hydrogen) atoms. The van der Waals surface area contributed by atoms with Gasteiger partial charge in [0.05, 0.1) is 28.1 Å². The number of hydrogen-bond donors (Lipinski definition) is 0. The van der Waals surface area contributed by atoms with Crippen molar-refractivity contribution < 1.29 is 0 Å². The van der Waals surface area contributed by atoms with Crippen LogP contribution < -0.4 is 4.90 Å². The van der Waals surface area contributed by atoms with Crippen molar-refractivity contribution in [1.29, 1.82) is 0 Å². The predicted molar refractivity (Wildman–Crippen MR) is 251 cm³/mol. The van der Waals surface area contributed by atoms with Gasteiger partial charge in [-0.05, 0) is 63.9 Å². The van der Waals surface area contributed by atoms with Gasteiger partial charge in [-0.15, -0.1) is 0 Å². The molecule has 0 atom stereocenters. The summed E-state index contributed by atoms with van der Waals surface area (Å²) in [5.74, 6) is 0.659. The molecule has 1 aliphatic heterocycles. The number of anilines is 2. The molecule has 11 rings (SSSR count). The van der Waals surface area contributed by atoms with E-state index in [4.69, 9.17) is 11.6 Å². The fraction of sp³-hybridized carbons (Fsp3) is 0.0357. The summed E-state index contributed by atoms with van der Waals surface area (Å²) in [6.07, 6.45) is 2.95. The molecule has 1 aliphatic rings. The van der Waals surface area contributed by atoms with Crippen LogP contribution in [-0.2, 0) is 6.42 Å². The SMILES string of the molecule is C=C(/N=C(/c1ccccc1)c1ccccc1C)n1c2ccccc2c2ccc3c4ccccc4c4c5c(ccc4c3c21)CC=C=C(c1ccccc1)N5c1ccccc1. The van der Waals surface area contributed by atoms with Crippen molar-refractivity contribution in [3.8, 4) is 0 Å². The summed E-state index contributed by atoms with van der Waals surface area (Å²) in [4.78, 5) is 7.94. The van der Waals surface area contributed by atoms with E-state index in [1.54, 1.807) is 0 Å². The van der Waals surface area contributed by atoms with Crippen molar-refractivity contribution in [3.05, 3.63) is 234 Å². The average molecular weight is 754 g/mol. The fourth-order valence-electron chi connectivity index (χ4n) is 9.27. The number of aryl methyl sites for hydroxylation is 1. The molecule has 3 heteroatoms. The Balaban J connectivity index is 1.29. The first-order valence-corrected chi connectivity index (χ1v) is 20.2. The van der Waals surface area contributed by atoms with Gasteiger partial charge >= 0.3 is 0 Å². The molecule has 9 aromatic carbocycles. The fourth-order valence-corrected chi connectivity index (χ4v) is 9.27. The molecule has 0 saturated heterocycles. The summed E-state index contributed by atoms with van der Waals surface area (Å²) in [5.41, 5.74) is 15.8. The molecule has 3 nitrogen and oxygen atoms in total. The summed E-state index contributed by atoms with van der Waals surface area (Å²) in [5, 5.41) is 9.52. The van der Waals surface area contributed by atoms with Crippen molar-refractivity contribution in [2.75, 3.05) is 4.90 Å². The van der Waals surface area contributed by atoms with E-state index >= 15 is 0 Å². The Morgan fingerprint density at radius 3 is 1.95 bits per heavy atom. The van der Waals surface area contributed by atoms with Gasteiger partial charge in [0.25, 0.3) is 0 Å². The average Bonchev–Trinajstić information content (AvgIpc) is 3.51. The van der Waals surface area contributed by atoms with E-state index < -0.39 is 0 Å². The molecule has 0 spiro atoms. The Labute approximate surface area is 343 Å². The van der Waals surface area contributed by atoms with Gasteiger partial charge < -0.3 is 4.90 Å². The Kier molecular flexibility index (Phi) is 8.22. The van der Waals surface area contributed by atoms with Crippen LogP contribution in [0.5, 0.6) is 0 Å². The van der Waals surface area contributed by atoms with E-state index in [2.05, 4.69) is 216 Å². The van der Waals surface area contributed by atoms with Gasteiger partial charge in [-0.25, -0.2) is 4.99 Å². The van der Waals surface area contributed by atoms with Crippen molar-refractivity contribution in [2.24, 2.45) is 4.99 Å². The molecule has 0 saturated carbocycles. The number of allylic oxidation sites excluding steroid dienone is 1. The van der Waals surface area contributed by atoms with Crippen LogP contribution in [0.2, 0.25) is 0 Å². The van der Waals surface area contributed by atoms with Crippen molar-refractivity contribution in [2.45, 2.75) is 13.3 Å². The molecule has 10 aromatic rings. The van der Waals surface area contributed by atoms with Crippen LogP contribution in [0.15, 0.2) is 211 Å². The van der Waals surface area contributed by atoms with Crippen LogP contribution >= 0.6 is 0 Å². The maximum absolute atomic E-state index is 5.51. The van der Waals surface area contributed by atoms with Gasteiger partial charge in [-0.1, -0.05) is 182 Å². The van der Waals surface area contributed by atoms with E-state index in [9.17, 15) is 0 Å². The zero-order valence-electron chi connectivity index (χ0n) is 32.7. The number of aromatic nitrogens is 1. The maximum atomic E-state index is 5.51. The molecule has 0 aliphatic carbocycles. The Morgan fingerprint density at radius 1 is 0.559 bits per heavy atom. The molecule has 2 heterocycles. The van der Waals surface area contributed by atoms with E-state index in [0.29, 0.717) is 5.82 Å². The zero-order valence-corrected chi connectivity index (χ0v) is 32.7. The lowest BCUT2D eigenvalue weighted by Crippen LogP contribution is -2.16. The Morgan fingerprint density at radius 2 is 1.17 bits per heavy atom. The van der Waals surface area contributed by atoms with Gasteiger partial charge in [0.2, 0.25) is 0 Å². The lowest BCUT2D eigenvalue weighted by molar-refractivity contribution is 1.19. The van der Waals surface area contributed by atoms with E-state index in [0.717, 1.165) is 56.8 Å². The van der Waals surface area contributed by atoms with Crippen molar-refractivity contribution >= 4 is 82.7 Å². The second-order valence-corrected chi connectivity index (χ2v) is 15.3. The highest BCUT2D eigenvalue weighted by molar-refractivity contribution is 6.36. The zero-order chi connectivity index (χ0) is 39.5. The summed E-state index contributed by atoms with van der Waals surface area (Å²) in [6, 6.07) is 67.3. The number of rotatable bonds is 6. The van der Waals surface area contributed by atoms with E-state index in [-0.39, 0.29) is 0 Å². The van der Waals surface area contributed by atoms with Gasteiger partial charge in [0, 0.05) is 50.3 Å². The van der Waals surface area contributed by atoms with Crippen LogP contribution in [0.1, 0.15) is 27.8 Å². The minimum atomic E-state index is 0.659. The first kappa shape index (κ1) is 34.5. The maximum Gasteiger partial charge on any atom is 0.131 e. The number of aliphatic imine (C=N–C) groups is 1. The topological polar surface area (TPSA) is 20.5 Å². The molecule has 0 fully saturated rings. The second-order valence-electron chi connectivity index (χ2n) is 15.3. The molecule has 0 bridgehead atoms. The number of benzene rings is 9. The van der Waals surface area contributed by atoms with Gasteiger partial charge in [-0.2, -0.15) is 0 Å². The molecular weight excluding hydrogens is 715 g/mol. The normalized spacial score (nSPS) is 13.0. The third kappa shape index (κ3) is 5.56. The van der Waals surface area contributed by atoms with Crippen LogP contribution in [-0.4, -0.2) is 10.3 Å². The summed E-state index contributed by atoms with van der Waals surface area (Å²) >= 11 is 0. The number of fused-ring (bicyclic) bond motifs is 12. The number of para-hydroxylation sites is 2. The van der Waals surface area contributed by atoms with Crippen LogP contribution in [0, 0.1) is 6.92 Å². The first-order valence-electron chi connectivity index (χ1n) is 20.2. The minimum Gasteiger partial charge on any atom is -0.302 e. The molecule has 0 unspecified atom stereocenters. The first-order chi connectivity index (χ1) is 29.2. The molecule has 278 valence electrons. The standard InChI is InChI=1S/C56H39N3/c1-37-19-12-13-27-43(37)54(40-22-8-4-9-23-40)57-38(2)58-51-31-17-16-29-45(51)48-36-35-47-44-28-14-15-30-46(44)52-49(53(47)56(48)58)34-33-41-24-18-32-50(39-20-6-3-7-21-39)59(55(41)52)42-25-10-5-11-26-42/h3-23,25-31,33-36H,2,24H2,1H3/b57-54-. The Bertz CT molecular complexity index is 3400. The third-order valence-electron chi connectivity index (χ3n) is 11.9. The van der Waals surface area contributed by atoms with Gasteiger partial charge in [-0.3, -0.25) is 4.57 Å². The number of hydrogen-bond acceptors (Lipinski definition) is 2. The van der Waals surface area contributed by atoms with Crippen molar-refractivity contribution in [1.82, 2.24) is 4.57 Å². The largest absolute Gasteiger partial charge is 0.302 e. The lowest BCUT2D eigenvalue weighted by Gasteiger charge is -2.30. The van der Waals surface area contributed by atoms with Crippen molar-refractivity contribution in [3.63, 3.8) is 0 Å². The Hall–Kier alpha value is -7.71. The van der Waals surface area contributed by atoms with E-state index in [1.165, 1.54) is 54.3 Å². The molecular formula is C56H39N3. The predicted octanol–water partition coefficient (Wildman–Crippen LogP) is 14.4. The van der Waals surface area contributed by atoms with Crippen LogP contribution in [0.25, 0.3) is 65.6 Å². The monoisotopic (exact) mass is 753 g/mol. The minimum absolute atomic E-state index is 0.659. The second kappa shape index (κ2) is 14.0. The van der Waals surface area contributed by atoms with Gasteiger partial charge in [0.1, 0.15) is 5.82 Å². The van der Waals surface area contributed by atoms with E-state index in [1.807, 2.05) is 0 Å². The van der Waals surface area contributed by atoms with Crippen LogP contribution in [0.3, 0.4) is 0 Å². The summed E-state index contributed by atoms with van der Waals surface area (Å²) in [7, 11) is 0. The highest BCUT2D eigenvalue weighted by Crippen LogP contribution is 2.49. The van der Waals surface area contributed by atoms with Gasteiger partial charge in [0.15, 0.2) is 0 Å². The molecule has 1 aromatic heterocycles. The summed E-state index contributed by atoms with van der Waals surface area (Å²) < 4.78 is 2.31. The van der Waals surface area contributed by atoms with Crippen LogP contribution in [0.4, 0.5) is 11.4 Å². The highest BCUT2D eigenvalue weighted by atomic mass is 15.2. The third-order valence-corrected chi connectivity index (χ3v) is 11.9. The lowest BCUT2D eigenvalue weighted by atomic mass is 9.89. The molecule has 0 amide bonds. The highest BCUT2D eigenvalue weighted by Gasteiger charge is 2.27. The quantitative estimate of drug-likeness (QED) is 0.0941.